The Bertz CT molecular complexity index is 915. The highest BCUT2D eigenvalue weighted by molar-refractivity contribution is 6.13. The summed E-state index contributed by atoms with van der Waals surface area (Å²) in [5.74, 6) is 0.317. The molecule has 1 aliphatic carbocycles. The van der Waals surface area contributed by atoms with Gasteiger partial charge in [-0.15, -0.1) is 0 Å². The minimum absolute atomic E-state index is 0.0474. The molecule has 2 aromatic carbocycles. The fourth-order valence-electron chi connectivity index (χ4n) is 3.95. The van der Waals surface area contributed by atoms with E-state index in [0.717, 1.165) is 13.1 Å². The number of benzene rings is 2. The van der Waals surface area contributed by atoms with E-state index >= 15 is 0 Å². The number of nitrogens with one attached hydrogen (secondary N) is 1. The van der Waals surface area contributed by atoms with Crippen LogP contribution in [0.3, 0.4) is 0 Å². The van der Waals surface area contributed by atoms with Crippen molar-refractivity contribution in [1.82, 2.24) is 4.90 Å². The zero-order valence-corrected chi connectivity index (χ0v) is 17.0. The van der Waals surface area contributed by atoms with E-state index < -0.39 is 5.41 Å². The van der Waals surface area contributed by atoms with Gasteiger partial charge in [-0.05, 0) is 49.6 Å². The summed E-state index contributed by atoms with van der Waals surface area (Å²) < 4.78 is 5.30. The Hall–Kier alpha value is -3.02. The molecule has 0 radical (unpaired) electrons. The van der Waals surface area contributed by atoms with Crippen LogP contribution in [0.15, 0.2) is 48.5 Å². The summed E-state index contributed by atoms with van der Waals surface area (Å²) in [6, 6.07) is 15.7. The average Bonchev–Trinajstić information content (AvgIpc) is 3.56. The molecule has 0 spiro atoms. The molecule has 0 aromatic heterocycles. The van der Waals surface area contributed by atoms with E-state index in [2.05, 4.69) is 41.4 Å². The van der Waals surface area contributed by atoms with Gasteiger partial charge in [0.15, 0.2) is 0 Å². The van der Waals surface area contributed by atoms with Crippen molar-refractivity contribution in [3.63, 3.8) is 0 Å². The van der Waals surface area contributed by atoms with Crippen molar-refractivity contribution in [2.45, 2.75) is 19.8 Å². The van der Waals surface area contributed by atoms with Gasteiger partial charge in [0.25, 0.3) is 0 Å². The fourth-order valence-corrected chi connectivity index (χ4v) is 3.95. The second-order valence-corrected chi connectivity index (χ2v) is 7.85. The first-order valence-electron chi connectivity index (χ1n) is 10.1. The number of methoxy groups -OCH3 is 1. The highest BCUT2D eigenvalue weighted by Crippen LogP contribution is 2.48. The lowest BCUT2D eigenvalue weighted by Crippen LogP contribution is -2.52. The lowest BCUT2D eigenvalue weighted by Gasteiger charge is -2.37. The maximum atomic E-state index is 13.2. The maximum Gasteiger partial charge on any atom is 0.240 e. The summed E-state index contributed by atoms with van der Waals surface area (Å²) in [7, 11) is 1.57. The van der Waals surface area contributed by atoms with E-state index in [9.17, 15) is 9.59 Å². The number of nitrogens with zero attached hydrogens (tertiary/aromatic N) is 2. The van der Waals surface area contributed by atoms with E-state index in [1.165, 1.54) is 11.3 Å². The number of amides is 2. The van der Waals surface area contributed by atoms with Crippen LogP contribution < -0.4 is 15.0 Å². The number of piperazine rings is 1. The van der Waals surface area contributed by atoms with Crippen LogP contribution >= 0.6 is 0 Å². The molecule has 0 atom stereocenters. The molecule has 2 aliphatic rings. The minimum Gasteiger partial charge on any atom is -0.495 e. The van der Waals surface area contributed by atoms with Crippen molar-refractivity contribution < 1.29 is 14.3 Å². The fraction of sp³-hybridized carbons (Fsp3) is 0.391. The van der Waals surface area contributed by atoms with E-state index in [-0.39, 0.29) is 11.8 Å². The van der Waals surface area contributed by atoms with Crippen LogP contribution in [-0.4, -0.2) is 50.0 Å². The van der Waals surface area contributed by atoms with Crippen LogP contribution in [0.5, 0.6) is 5.75 Å². The van der Waals surface area contributed by atoms with Crippen LogP contribution in [0.1, 0.15) is 18.4 Å². The van der Waals surface area contributed by atoms with Gasteiger partial charge in [-0.25, -0.2) is 0 Å². The molecular weight excluding hydrogens is 366 g/mol. The molecule has 1 N–H and O–H groups in total. The normalized spacial score (nSPS) is 17.6. The van der Waals surface area contributed by atoms with Crippen LogP contribution in [-0.2, 0) is 9.59 Å². The van der Waals surface area contributed by atoms with Crippen molar-refractivity contribution in [3.8, 4) is 5.75 Å². The van der Waals surface area contributed by atoms with Gasteiger partial charge in [0.05, 0.1) is 12.8 Å². The Morgan fingerprint density at radius 3 is 2.38 bits per heavy atom. The van der Waals surface area contributed by atoms with Gasteiger partial charge >= 0.3 is 0 Å². The van der Waals surface area contributed by atoms with Gasteiger partial charge in [0.2, 0.25) is 11.8 Å². The molecule has 1 saturated carbocycles. The number of carbonyl (C=O) groups is 2. The molecule has 0 bridgehead atoms. The molecule has 6 heteroatoms. The number of anilines is 2. The summed E-state index contributed by atoms with van der Waals surface area (Å²) >= 11 is 0. The second-order valence-electron chi connectivity index (χ2n) is 7.85. The molecule has 6 nitrogen and oxygen atoms in total. The van der Waals surface area contributed by atoms with Gasteiger partial charge in [-0.3, -0.25) is 9.59 Å². The molecule has 2 amide bonds. The molecule has 0 unspecified atom stereocenters. The lowest BCUT2D eigenvalue weighted by atomic mass is 10.0. The van der Waals surface area contributed by atoms with Crippen molar-refractivity contribution >= 4 is 23.2 Å². The summed E-state index contributed by atoms with van der Waals surface area (Å²) in [5, 5.41) is 2.90. The molecule has 2 fully saturated rings. The third-order valence-corrected chi connectivity index (χ3v) is 5.88. The minimum atomic E-state index is -0.924. The van der Waals surface area contributed by atoms with Crippen molar-refractivity contribution in [2.24, 2.45) is 5.41 Å². The summed E-state index contributed by atoms with van der Waals surface area (Å²) in [6.07, 6.45) is 1.20. The number of rotatable bonds is 5. The van der Waals surface area contributed by atoms with Gasteiger partial charge in [-0.1, -0.05) is 24.3 Å². The Labute approximate surface area is 171 Å². The Balaban J connectivity index is 1.40. The third-order valence-electron chi connectivity index (χ3n) is 5.88. The topological polar surface area (TPSA) is 61.9 Å². The number of para-hydroxylation sites is 2. The van der Waals surface area contributed by atoms with Crippen LogP contribution in [0, 0.1) is 12.3 Å². The molecule has 1 aliphatic heterocycles. The van der Waals surface area contributed by atoms with Crippen molar-refractivity contribution in [3.05, 3.63) is 54.1 Å². The maximum absolute atomic E-state index is 13.2. The molecule has 2 aromatic rings. The average molecular weight is 393 g/mol. The monoisotopic (exact) mass is 393 g/mol. The molecular formula is C23H27N3O3. The van der Waals surface area contributed by atoms with Crippen LogP contribution in [0.25, 0.3) is 0 Å². The highest BCUT2D eigenvalue weighted by atomic mass is 16.5. The van der Waals surface area contributed by atoms with E-state index in [4.69, 9.17) is 4.74 Å². The quantitative estimate of drug-likeness (QED) is 0.793. The summed E-state index contributed by atoms with van der Waals surface area (Å²) in [4.78, 5) is 30.3. The molecule has 1 saturated heterocycles. The van der Waals surface area contributed by atoms with Gasteiger partial charge in [0, 0.05) is 31.9 Å². The highest BCUT2D eigenvalue weighted by Gasteiger charge is 2.58. The second kappa shape index (κ2) is 7.78. The largest absolute Gasteiger partial charge is 0.495 e. The van der Waals surface area contributed by atoms with Crippen molar-refractivity contribution in [2.75, 3.05) is 43.5 Å². The van der Waals surface area contributed by atoms with E-state index in [1.807, 2.05) is 17.0 Å². The smallest absolute Gasteiger partial charge is 0.240 e. The SMILES string of the molecule is COc1ccccc1NC(=O)C1(C(=O)N2CCN(c3cccc(C)c3)CC2)CC1. The first-order chi connectivity index (χ1) is 14.0. The predicted molar refractivity (Wildman–Crippen MR) is 113 cm³/mol. The Kier molecular flexibility index (Phi) is 5.18. The number of ether oxygens (including phenoxy) is 1. The zero-order valence-electron chi connectivity index (χ0n) is 17.0. The molecule has 152 valence electrons. The number of hydrogen-bond donors (Lipinski definition) is 1. The number of aryl methyl sites for hydroxylation is 1. The Morgan fingerprint density at radius 1 is 1.00 bits per heavy atom. The number of hydrogen-bond acceptors (Lipinski definition) is 4. The zero-order chi connectivity index (χ0) is 20.4. The van der Waals surface area contributed by atoms with Gasteiger partial charge in [0.1, 0.15) is 11.2 Å². The van der Waals surface area contributed by atoms with E-state index in [0.29, 0.717) is 37.4 Å². The third kappa shape index (κ3) is 3.79. The summed E-state index contributed by atoms with van der Waals surface area (Å²) in [5.41, 5.74) is 2.09. The molecule has 29 heavy (non-hydrogen) atoms. The molecule has 4 rings (SSSR count). The van der Waals surface area contributed by atoms with Crippen LogP contribution in [0.2, 0.25) is 0 Å². The van der Waals surface area contributed by atoms with Gasteiger partial charge in [-0.2, -0.15) is 0 Å². The Morgan fingerprint density at radius 2 is 1.72 bits per heavy atom. The standard InChI is InChI=1S/C23H27N3O3/c1-17-6-5-7-18(16-17)25-12-14-26(15-13-25)22(28)23(10-11-23)21(27)24-19-8-3-4-9-20(19)29-2/h3-9,16H,10-15H2,1-2H3,(H,24,27). The van der Waals surface area contributed by atoms with Crippen LogP contribution in [0.4, 0.5) is 11.4 Å². The first-order valence-corrected chi connectivity index (χ1v) is 10.1. The predicted octanol–water partition coefficient (Wildman–Crippen LogP) is 3.07. The lowest BCUT2D eigenvalue weighted by molar-refractivity contribution is -0.142. The van der Waals surface area contributed by atoms with Crippen molar-refractivity contribution in [1.29, 1.82) is 0 Å². The van der Waals surface area contributed by atoms with E-state index in [1.54, 1.807) is 19.2 Å². The number of carbonyl (C=O) groups excluding carboxylic acids is 2. The molecule has 1 heterocycles. The van der Waals surface area contributed by atoms with Gasteiger partial charge < -0.3 is 19.9 Å². The first kappa shape index (κ1) is 19.3. The summed E-state index contributed by atoms with van der Waals surface area (Å²) in [6.45, 7) is 4.91.